The second-order valence-electron chi connectivity index (χ2n) is 17.0. The van der Waals surface area contributed by atoms with Crippen molar-refractivity contribution in [1.82, 2.24) is 15.0 Å². The van der Waals surface area contributed by atoms with Crippen LogP contribution in [0.4, 0.5) is 5.69 Å². The predicted octanol–water partition coefficient (Wildman–Crippen LogP) is 16.7. The van der Waals surface area contributed by atoms with Crippen LogP contribution in [0.5, 0.6) is 0 Å². The van der Waals surface area contributed by atoms with Gasteiger partial charge in [0.1, 0.15) is 0 Å². The number of nitrogens with zero attached hydrogens (tertiary/aromatic N) is 6. The molecule has 6 nitrogen and oxygen atoms in total. The maximum atomic E-state index is 9.58. The highest BCUT2D eigenvalue weighted by Crippen LogP contribution is 2.35. The molecule has 10 aromatic rings. The van der Waals surface area contributed by atoms with Crippen molar-refractivity contribution in [2.75, 3.05) is 0 Å². The fourth-order valence-electron chi connectivity index (χ4n) is 8.65. The van der Waals surface area contributed by atoms with Gasteiger partial charge in [-0.05, 0) is 164 Å². The Balaban J connectivity index is 1.08. The summed E-state index contributed by atoms with van der Waals surface area (Å²) in [6.07, 6.45) is 18.3. The summed E-state index contributed by atoms with van der Waals surface area (Å²) in [6, 6.07) is 71.0. The average Bonchev–Trinajstić information content (AvgIpc) is 3.46. The van der Waals surface area contributed by atoms with Gasteiger partial charge in [0, 0.05) is 35.3 Å². The third-order valence-corrected chi connectivity index (χ3v) is 12.4. The summed E-state index contributed by atoms with van der Waals surface area (Å²) in [5.74, 6) is 0. The Morgan fingerprint density at radius 3 is 0.958 bits per heavy atom. The Morgan fingerprint density at radius 2 is 0.667 bits per heavy atom. The molecule has 0 bridgehead atoms. The maximum absolute atomic E-state index is 9.58. The lowest BCUT2D eigenvalue weighted by Gasteiger charge is -2.11. The van der Waals surface area contributed by atoms with Crippen molar-refractivity contribution in [3.05, 3.63) is 275 Å². The molecule has 0 aliphatic rings. The number of benzene rings is 7. The van der Waals surface area contributed by atoms with Crippen molar-refractivity contribution < 1.29 is 0 Å². The molecule has 0 fully saturated rings. The maximum Gasteiger partial charge on any atom is 0.187 e. The minimum absolute atomic E-state index is 0.587. The lowest BCUT2D eigenvalue weighted by Crippen LogP contribution is -1.89. The van der Waals surface area contributed by atoms with Crippen molar-refractivity contribution in [3.8, 4) is 79.3 Å². The highest BCUT2D eigenvalue weighted by Gasteiger charge is 2.12. The van der Waals surface area contributed by atoms with Gasteiger partial charge in [0.2, 0.25) is 0 Å². The molecule has 7 aromatic carbocycles. The molecule has 0 spiro atoms. The SMILES string of the molecule is [C-]#[N+]c1ccc(-c2cc(-c3ccccn3)ccc2/C=C\c2cc(C=Cc3ccc(-c4ccccn4)cc3-c3ccc(C#N)cc3)cc(/C=C\c3ccc(-c4ccccn4)cc3-c3ccc(C#N)cc3)c2)cc1. The molecular weight excluding hydrogens is 877 g/mol. The van der Waals surface area contributed by atoms with E-state index in [4.69, 9.17) is 6.57 Å². The number of rotatable bonds is 12. The standard InChI is InChI=1S/C66H42N6/c1-69-60-33-31-56(32-34-60)63-43-59(66-10-4-7-37-72-66)30-27-55(63)24-17-50-39-48(15-22-53-25-28-57(64-8-2-5-35-70-64)41-61(53)51-18-11-46(44-67)12-19-51)38-49(40-50)16-23-54-26-29-58(65-9-3-6-36-71-65)42-62(54)52-20-13-47(45-68)14-21-52/h2-43H/b22-15-,23-16?,24-17-. The number of nitriles is 2. The quantitative estimate of drug-likeness (QED) is 0.0899. The molecule has 0 amide bonds. The molecule has 0 N–H and O–H groups in total. The fraction of sp³-hybridized carbons (Fsp3) is 0. The molecule has 0 atom stereocenters. The third kappa shape index (κ3) is 10.5. The van der Waals surface area contributed by atoms with Gasteiger partial charge in [-0.3, -0.25) is 15.0 Å². The van der Waals surface area contributed by atoms with E-state index in [1.54, 1.807) is 18.6 Å². The first-order chi connectivity index (χ1) is 35.5. The van der Waals surface area contributed by atoms with Crippen LogP contribution in [-0.2, 0) is 0 Å². The number of hydrogen-bond acceptors (Lipinski definition) is 5. The first-order valence-electron chi connectivity index (χ1n) is 23.3. The van der Waals surface area contributed by atoms with Crippen LogP contribution in [0.1, 0.15) is 44.5 Å². The summed E-state index contributed by atoms with van der Waals surface area (Å²) in [5.41, 5.74) is 19.5. The van der Waals surface area contributed by atoms with Crippen molar-refractivity contribution in [2.45, 2.75) is 0 Å². The molecule has 0 saturated heterocycles. The summed E-state index contributed by atoms with van der Waals surface area (Å²) >= 11 is 0. The molecule has 0 aliphatic heterocycles. The zero-order valence-electron chi connectivity index (χ0n) is 38.9. The van der Waals surface area contributed by atoms with Gasteiger partial charge in [0.25, 0.3) is 0 Å². The van der Waals surface area contributed by atoms with E-state index in [1.807, 2.05) is 127 Å². The molecule has 336 valence electrons. The summed E-state index contributed by atoms with van der Waals surface area (Å²) < 4.78 is 0. The van der Waals surface area contributed by atoms with E-state index >= 15 is 0 Å². The van der Waals surface area contributed by atoms with E-state index in [0.29, 0.717) is 16.8 Å². The summed E-state index contributed by atoms with van der Waals surface area (Å²) in [7, 11) is 0. The molecule has 6 heteroatoms. The number of hydrogen-bond donors (Lipinski definition) is 0. The van der Waals surface area contributed by atoms with Crippen molar-refractivity contribution in [2.24, 2.45) is 0 Å². The van der Waals surface area contributed by atoms with Crippen LogP contribution in [0.2, 0.25) is 0 Å². The zero-order chi connectivity index (χ0) is 49.1. The van der Waals surface area contributed by atoms with E-state index in [-0.39, 0.29) is 0 Å². The minimum atomic E-state index is 0.587. The second kappa shape index (κ2) is 21.3. The summed E-state index contributed by atoms with van der Waals surface area (Å²) in [4.78, 5) is 17.5. The third-order valence-electron chi connectivity index (χ3n) is 12.4. The van der Waals surface area contributed by atoms with Gasteiger partial charge in [-0.2, -0.15) is 10.5 Å². The largest absolute Gasteiger partial charge is 0.256 e. The van der Waals surface area contributed by atoms with Gasteiger partial charge >= 0.3 is 0 Å². The van der Waals surface area contributed by atoms with Crippen molar-refractivity contribution in [1.29, 1.82) is 10.5 Å². The van der Waals surface area contributed by atoms with Crippen LogP contribution < -0.4 is 0 Å². The lowest BCUT2D eigenvalue weighted by molar-refractivity contribution is 1.33. The van der Waals surface area contributed by atoms with Crippen LogP contribution in [0.15, 0.2) is 219 Å². The van der Waals surface area contributed by atoms with E-state index in [9.17, 15) is 10.5 Å². The van der Waals surface area contributed by atoms with Gasteiger partial charge in [0.15, 0.2) is 5.69 Å². The van der Waals surface area contributed by atoms with E-state index in [2.05, 4.69) is 141 Å². The highest BCUT2D eigenvalue weighted by molar-refractivity contribution is 5.89. The Bertz CT molecular complexity index is 3370. The van der Waals surface area contributed by atoms with Crippen LogP contribution >= 0.6 is 0 Å². The Hall–Kier alpha value is -10.3. The van der Waals surface area contributed by atoms with E-state index in [1.165, 1.54) is 0 Å². The molecule has 3 aromatic heterocycles. The van der Waals surface area contributed by atoms with Crippen LogP contribution in [0.25, 0.3) is 108 Å². The van der Waals surface area contributed by atoms with Crippen LogP contribution in [0, 0.1) is 29.2 Å². The molecule has 0 radical (unpaired) electrons. The number of pyridine rings is 3. The lowest BCUT2D eigenvalue weighted by atomic mass is 9.93. The summed E-state index contributed by atoms with van der Waals surface area (Å²) in [5, 5.41) is 19.2. The Morgan fingerprint density at radius 1 is 0.347 bits per heavy atom. The van der Waals surface area contributed by atoms with Gasteiger partial charge in [-0.1, -0.05) is 140 Å². The predicted molar refractivity (Wildman–Crippen MR) is 294 cm³/mol. The smallest absolute Gasteiger partial charge is 0.187 e. The molecule has 10 rings (SSSR count). The second-order valence-corrected chi connectivity index (χ2v) is 17.0. The fourth-order valence-corrected chi connectivity index (χ4v) is 8.65. The van der Waals surface area contributed by atoms with Crippen molar-refractivity contribution in [3.63, 3.8) is 0 Å². The van der Waals surface area contributed by atoms with Gasteiger partial charge in [0.05, 0.1) is 46.9 Å². The number of aromatic nitrogens is 3. The van der Waals surface area contributed by atoms with Gasteiger partial charge < -0.3 is 0 Å². The van der Waals surface area contributed by atoms with E-state index < -0.39 is 0 Å². The normalized spacial score (nSPS) is 11.1. The monoisotopic (exact) mass is 918 g/mol. The van der Waals surface area contributed by atoms with Gasteiger partial charge in [-0.15, -0.1) is 0 Å². The minimum Gasteiger partial charge on any atom is -0.256 e. The van der Waals surface area contributed by atoms with Crippen LogP contribution in [-0.4, -0.2) is 15.0 Å². The molecule has 0 unspecified atom stereocenters. The summed E-state index contributed by atoms with van der Waals surface area (Å²) in [6.45, 7) is 7.54. The molecule has 3 heterocycles. The molecule has 0 saturated carbocycles. The van der Waals surface area contributed by atoms with Gasteiger partial charge in [-0.25, -0.2) is 4.85 Å². The Kier molecular flexibility index (Phi) is 13.5. The van der Waals surface area contributed by atoms with Crippen molar-refractivity contribution >= 4 is 42.1 Å². The van der Waals surface area contributed by atoms with E-state index in [0.717, 1.165) is 101 Å². The first-order valence-corrected chi connectivity index (χ1v) is 23.3. The molecule has 0 aliphatic carbocycles. The molecule has 72 heavy (non-hydrogen) atoms. The Labute approximate surface area is 419 Å². The average molecular weight is 919 g/mol. The highest BCUT2D eigenvalue weighted by atomic mass is 14.7. The van der Waals surface area contributed by atoms with Crippen LogP contribution in [0.3, 0.4) is 0 Å². The zero-order valence-corrected chi connectivity index (χ0v) is 38.9. The first kappa shape index (κ1) is 45.5. The topological polar surface area (TPSA) is 90.6 Å². The molecular formula is C66H42N6.